The molecule has 0 aliphatic heterocycles. The average Bonchev–Trinajstić information content (AvgIpc) is 3.04. The first-order valence-corrected chi connectivity index (χ1v) is 14.1. The first-order valence-electron chi connectivity index (χ1n) is 12.5. The Labute approximate surface area is 263 Å². The summed E-state index contributed by atoms with van der Waals surface area (Å²) in [5.74, 6) is 0.604. The summed E-state index contributed by atoms with van der Waals surface area (Å²) < 4.78 is 5.93. The van der Waals surface area contributed by atoms with Crippen LogP contribution in [-0.2, 0) is 0 Å². The van der Waals surface area contributed by atoms with Gasteiger partial charge in [0.15, 0.2) is 0 Å². The highest BCUT2D eigenvalue weighted by molar-refractivity contribution is 9.10. The van der Waals surface area contributed by atoms with Crippen molar-refractivity contribution in [2.75, 3.05) is 0 Å². The van der Waals surface area contributed by atoms with Crippen molar-refractivity contribution < 1.29 is 9.68 Å². The zero-order valence-electron chi connectivity index (χ0n) is 22.1. The van der Waals surface area contributed by atoms with Crippen molar-refractivity contribution in [1.29, 1.82) is 0 Å². The summed E-state index contributed by atoms with van der Waals surface area (Å²) in [5, 5.41) is 10.1. The minimum absolute atomic E-state index is 0.604. The van der Waals surface area contributed by atoms with Gasteiger partial charge in [-0.15, -0.1) is 0 Å². The SMILES string of the molecule is Brc1cncnc1.Clc1ccc(-c2ccccc2-c2cncnc2)cc1.O[B]Oc1ccccc1-c1ccc(Cl)cc1. The number of nitrogens with zero attached hydrogens (tertiary/aromatic N) is 4. The van der Waals surface area contributed by atoms with Gasteiger partial charge in [-0.3, -0.25) is 0 Å². The highest BCUT2D eigenvalue weighted by Gasteiger charge is 2.07. The maximum Gasteiger partial charge on any atom is 0.569 e. The highest BCUT2D eigenvalue weighted by Crippen LogP contribution is 2.32. The standard InChI is InChI=1S/C16H11ClN2.C12H9BClO2.C4H3BrN2/c17-14-7-5-12(6-8-14)15-3-1-2-4-16(15)13-9-18-11-19-10-13;14-10-7-5-9(6-8-10)11-3-1-2-4-12(11)16-13-15;5-4-1-6-3-7-2-4/h1-11H;1-8,15H;1-3H. The van der Waals surface area contributed by atoms with Gasteiger partial charge in [0.05, 0.1) is 4.47 Å². The summed E-state index contributed by atoms with van der Waals surface area (Å²) in [4.78, 5) is 15.6. The number of benzene rings is 4. The van der Waals surface area contributed by atoms with Gasteiger partial charge in [0, 0.05) is 46.0 Å². The van der Waals surface area contributed by atoms with Crippen molar-refractivity contribution >= 4 is 46.8 Å². The van der Waals surface area contributed by atoms with Crippen LogP contribution in [0.3, 0.4) is 0 Å². The third-order valence-corrected chi connectivity index (χ3v) is 6.62. The van der Waals surface area contributed by atoms with Gasteiger partial charge in [-0.2, -0.15) is 0 Å². The van der Waals surface area contributed by atoms with Crippen LogP contribution in [0.1, 0.15) is 0 Å². The quantitative estimate of drug-likeness (QED) is 0.187. The molecular formula is C32H23BBrCl2N4O2. The van der Waals surface area contributed by atoms with Gasteiger partial charge in [0.1, 0.15) is 18.4 Å². The van der Waals surface area contributed by atoms with E-state index in [2.05, 4.69) is 48.0 Å². The van der Waals surface area contributed by atoms with E-state index in [0.717, 1.165) is 42.9 Å². The van der Waals surface area contributed by atoms with Crippen LogP contribution >= 0.6 is 39.1 Å². The summed E-state index contributed by atoms with van der Waals surface area (Å²) in [6, 6.07) is 30.9. The molecule has 207 valence electrons. The van der Waals surface area contributed by atoms with Crippen LogP contribution in [-0.4, -0.2) is 32.6 Å². The van der Waals surface area contributed by atoms with E-state index in [0.29, 0.717) is 18.5 Å². The minimum atomic E-state index is 0.604. The van der Waals surface area contributed by atoms with Crippen LogP contribution in [0.2, 0.25) is 10.0 Å². The fourth-order valence-electron chi connectivity index (χ4n) is 3.83. The van der Waals surface area contributed by atoms with E-state index in [-0.39, 0.29) is 0 Å². The number of aromatic nitrogens is 4. The second kappa shape index (κ2) is 16.4. The third kappa shape index (κ3) is 9.22. The number of hydrogen-bond donors (Lipinski definition) is 1. The molecule has 0 fully saturated rings. The first-order chi connectivity index (χ1) is 20.5. The fraction of sp³-hybridized carbons (Fsp3) is 0. The Morgan fingerprint density at radius 1 is 0.548 bits per heavy atom. The molecule has 0 bridgehead atoms. The average molecular weight is 657 g/mol. The zero-order valence-corrected chi connectivity index (χ0v) is 25.2. The molecule has 0 aliphatic carbocycles. The van der Waals surface area contributed by atoms with Crippen LogP contribution in [0.5, 0.6) is 5.75 Å². The fourth-order valence-corrected chi connectivity index (χ4v) is 4.32. The van der Waals surface area contributed by atoms with E-state index >= 15 is 0 Å². The van der Waals surface area contributed by atoms with E-state index < -0.39 is 0 Å². The maximum atomic E-state index is 8.67. The molecule has 1 radical (unpaired) electrons. The summed E-state index contributed by atoms with van der Waals surface area (Å²) in [6.45, 7) is 0. The van der Waals surface area contributed by atoms with Crippen LogP contribution in [0.4, 0.5) is 0 Å². The van der Waals surface area contributed by atoms with E-state index in [9.17, 15) is 0 Å². The predicted octanol–water partition coefficient (Wildman–Crippen LogP) is 8.62. The summed E-state index contributed by atoms with van der Waals surface area (Å²) >= 11 is 14.9. The Morgan fingerprint density at radius 2 is 0.976 bits per heavy atom. The van der Waals surface area contributed by atoms with E-state index in [1.165, 1.54) is 12.7 Å². The molecule has 2 heterocycles. The molecule has 6 rings (SSSR count). The largest absolute Gasteiger partial charge is 0.569 e. The van der Waals surface area contributed by atoms with Crippen molar-refractivity contribution in [1.82, 2.24) is 19.9 Å². The summed E-state index contributed by atoms with van der Waals surface area (Å²) in [7, 11) is 0.675. The second-order valence-electron chi connectivity index (χ2n) is 8.46. The maximum absolute atomic E-state index is 8.67. The molecule has 2 aromatic heterocycles. The monoisotopic (exact) mass is 655 g/mol. The molecule has 0 unspecified atom stereocenters. The molecule has 42 heavy (non-hydrogen) atoms. The molecule has 0 aliphatic rings. The molecule has 4 aromatic carbocycles. The van der Waals surface area contributed by atoms with Gasteiger partial charge < -0.3 is 9.68 Å². The van der Waals surface area contributed by atoms with Crippen LogP contribution < -0.4 is 4.65 Å². The molecule has 0 atom stereocenters. The van der Waals surface area contributed by atoms with E-state index in [1.54, 1.807) is 18.5 Å². The van der Waals surface area contributed by atoms with Gasteiger partial charge in [-0.05, 0) is 68.5 Å². The number of hydrogen-bond acceptors (Lipinski definition) is 6. The lowest BCUT2D eigenvalue weighted by molar-refractivity contribution is 0.455. The lowest BCUT2D eigenvalue weighted by Crippen LogP contribution is -2.00. The number of rotatable bonds is 5. The van der Waals surface area contributed by atoms with Crippen molar-refractivity contribution in [3.8, 4) is 39.1 Å². The lowest BCUT2D eigenvalue weighted by Gasteiger charge is -2.09. The molecule has 0 saturated heterocycles. The van der Waals surface area contributed by atoms with Gasteiger partial charge in [0.2, 0.25) is 0 Å². The molecule has 0 spiro atoms. The zero-order chi connectivity index (χ0) is 29.6. The molecule has 0 saturated carbocycles. The van der Waals surface area contributed by atoms with Crippen LogP contribution in [0, 0.1) is 0 Å². The van der Waals surface area contributed by atoms with Crippen LogP contribution in [0.15, 0.2) is 139 Å². The predicted molar refractivity (Wildman–Crippen MR) is 173 cm³/mol. The van der Waals surface area contributed by atoms with Gasteiger partial charge >= 0.3 is 7.69 Å². The Balaban J connectivity index is 0.000000159. The Hall–Kier alpha value is -4.08. The smallest absolute Gasteiger partial charge is 0.537 e. The normalized spacial score (nSPS) is 9.90. The van der Waals surface area contributed by atoms with Crippen molar-refractivity contribution in [2.24, 2.45) is 0 Å². The van der Waals surface area contributed by atoms with Crippen molar-refractivity contribution in [3.05, 3.63) is 149 Å². The van der Waals surface area contributed by atoms with Gasteiger partial charge in [-0.1, -0.05) is 89.9 Å². The number of para-hydroxylation sites is 1. The molecule has 0 amide bonds. The Bertz CT molecular complexity index is 1660. The molecule has 10 heteroatoms. The Kier molecular flexibility index (Phi) is 12.0. The molecular weight excluding hydrogens is 634 g/mol. The molecule has 6 aromatic rings. The lowest BCUT2D eigenvalue weighted by atomic mass is 9.96. The molecule has 6 nitrogen and oxygen atoms in total. The molecule has 1 N–H and O–H groups in total. The summed E-state index contributed by atoms with van der Waals surface area (Å²) in [5.41, 5.74) is 6.29. The van der Waals surface area contributed by atoms with E-state index in [1.807, 2.05) is 91.3 Å². The highest BCUT2D eigenvalue weighted by atomic mass is 79.9. The van der Waals surface area contributed by atoms with Crippen LogP contribution in [0.25, 0.3) is 33.4 Å². The minimum Gasteiger partial charge on any atom is -0.537 e. The summed E-state index contributed by atoms with van der Waals surface area (Å²) in [6.07, 6.45) is 10.0. The Morgan fingerprint density at radius 3 is 1.45 bits per heavy atom. The third-order valence-electron chi connectivity index (χ3n) is 5.70. The van der Waals surface area contributed by atoms with Gasteiger partial charge in [-0.25, -0.2) is 19.9 Å². The van der Waals surface area contributed by atoms with Crippen molar-refractivity contribution in [3.63, 3.8) is 0 Å². The second-order valence-corrected chi connectivity index (χ2v) is 10.3. The van der Waals surface area contributed by atoms with E-state index in [4.69, 9.17) is 32.9 Å². The van der Waals surface area contributed by atoms with Gasteiger partial charge in [0.25, 0.3) is 0 Å². The number of halogens is 3. The first kappa shape index (κ1) is 30.9. The van der Waals surface area contributed by atoms with Crippen molar-refractivity contribution in [2.45, 2.75) is 0 Å². The topological polar surface area (TPSA) is 81.0 Å².